The summed E-state index contributed by atoms with van der Waals surface area (Å²) in [5, 5.41) is 0. The Morgan fingerprint density at radius 1 is 0.417 bits per heavy atom. The number of nitrogens with zero attached hydrogens (tertiary/aromatic N) is 1. The Bertz CT molecular complexity index is 3030. The lowest BCUT2D eigenvalue weighted by Gasteiger charge is -2.31. The van der Waals surface area contributed by atoms with Crippen molar-refractivity contribution in [2.75, 3.05) is 4.90 Å². The summed E-state index contributed by atoms with van der Waals surface area (Å²) in [4.78, 5) is 2.42. The van der Waals surface area contributed by atoms with Crippen LogP contribution in [-0.4, -0.2) is 0 Å². The van der Waals surface area contributed by atoms with Gasteiger partial charge in [0.05, 0.1) is 5.41 Å². The second kappa shape index (κ2) is 13.8. The fourth-order valence-electron chi connectivity index (χ4n) is 10.8. The number of allylic oxidation sites excluding steroid dienone is 4. The first kappa shape index (κ1) is 36.1. The summed E-state index contributed by atoms with van der Waals surface area (Å²) in [6.07, 6.45) is 5.67. The molecule has 8 aromatic rings. The number of benzene rings is 8. The Labute approximate surface area is 354 Å². The molecule has 0 heterocycles. The molecule has 0 amide bonds. The third-order valence-corrected chi connectivity index (χ3v) is 13.7. The number of hydrogen-bond donors (Lipinski definition) is 0. The molecule has 0 aliphatic heterocycles. The summed E-state index contributed by atoms with van der Waals surface area (Å²) < 4.78 is 0. The predicted molar refractivity (Wildman–Crippen MR) is 253 cm³/mol. The van der Waals surface area contributed by atoms with Crippen LogP contribution in [-0.2, 0) is 10.8 Å². The number of anilines is 3. The quantitative estimate of drug-likeness (QED) is 0.156. The largest absolute Gasteiger partial charge is 0.310 e. The second-order valence-electron chi connectivity index (χ2n) is 17.1. The molecule has 0 N–H and O–H groups in total. The zero-order chi connectivity index (χ0) is 40.6. The zero-order valence-corrected chi connectivity index (χ0v) is 34.7. The van der Waals surface area contributed by atoms with Gasteiger partial charge in [0.25, 0.3) is 0 Å². The van der Waals surface area contributed by atoms with Crippen LogP contribution in [0.3, 0.4) is 0 Å². The van der Waals surface area contributed by atoms with Crippen LogP contribution >= 0.6 is 0 Å². The van der Waals surface area contributed by atoms with Crippen molar-refractivity contribution < 1.29 is 0 Å². The summed E-state index contributed by atoms with van der Waals surface area (Å²) in [7, 11) is 0. The third kappa shape index (κ3) is 5.25. The van der Waals surface area contributed by atoms with Crippen LogP contribution in [0.1, 0.15) is 67.5 Å². The van der Waals surface area contributed by atoms with Gasteiger partial charge in [-0.25, -0.2) is 0 Å². The molecule has 3 aliphatic rings. The van der Waals surface area contributed by atoms with Crippen LogP contribution < -0.4 is 4.90 Å². The van der Waals surface area contributed by atoms with Gasteiger partial charge < -0.3 is 4.90 Å². The molecule has 1 nitrogen and oxygen atoms in total. The Morgan fingerprint density at radius 3 is 1.55 bits per heavy atom. The lowest BCUT2D eigenvalue weighted by atomic mass is 9.70. The Kier molecular flexibility index (Phi) is 8.33. The van der Waals surface area contributed by atoms with E-state index in [9.17, 15) is 0 Å². The molecule has 60 heavy (non-hydrogen) atoms. The highest BCUT2D eigenvalue weighted by Crippen LogP contribution is 2.62. The fraction of sp³-hybridized carbons (Fsp3) is 0.119. The van der Waals surface area contributed by atoms with Crippen LogP contribution in [0.4, 0.5) is 17.1 Å². The molecule has 1 unspecified atom stereocenters. The van der Waals surface area contributed by atoms with Crippen LogP contribution in [0.25, 0.3) is 50.1 Å². The lowest BCUT2D eigenvalue weighted by Crippen LogP contribution is -2.26. The fourth-order valence-corrected chi connectivity index (χ4v) is 10.8. The Balaban J connectivity index is 1.03. The summed E-state index contributed by atoms with van der Waals surface area (Å²) in [5.74, 6) is 0. The average molecular weight is 770 g/mol. The van der Waals surface area contributed by atoms with Gasteiger partial charge in [-0.1, -0.05) is 179 Å². The molecular weight excluding hydrogens is 723 g/mol. The van der Waals surface area contributed by atoms with Crippen molar-refractivity contribution in [2.24, 2.45) is 0 Å². The Morgan fingerprint density at radius 2 is 0.883 bits per heavy atom. The normalized spacial score (nSPS) is 16.5. The van der Waals surface area contributed by atoms with Crippen LogP contribution in [0, 0.1) is 0 Å². The average Bonchev–Trinajstić information content (AvgIpc) is 3.83. The highest BCUT2D eigenvalue weighted by atomic mass is 15.1. The topological polar surface area (TPSA) is 3.24 Å². The van der Waals surface area contributed by atoms with Gasteiger partial charge >= 0.3 is 0 Å². The minimum atomic E-state index is -0.338. The van der Waals surface area contributed by atoms with Gasteiger partial charge in [0.2, 0.25) is 0 Å². The molecule has 0 radical (unpaired) electrons. The molecule has 0 saturated heterocycles. The van der Waals surface area contributed by atoms with Crippen molar-refractivity contribution in [2.45, 2.75) is 44.9 Å². The maximum atomic E-state index is 2.48. The first-order valence-corrected chi connectivity index (χ1v) is 21.4. The van der Waals surface area contributed by atoms with Crippen LogP contribution in [0.5, 0.6) is 0 Å². The summed E-state index contributed by atoms with van der Waals surface area (Å²) in [6.45, 7) is 9.30. The second-order valence-corrected chi connectivity index (χ2v) is 17.1. The van der Waals surface area contributed by atoms with E-state index < -0.39 is 0 Å². The SMILES string of the molecule is CC/C=C\C1=C(C)C2(c3ccccc31)c1ccccc1-c1ccc(-c3ccc(N(c4ccc(-c5ccccc5)cc4)c4ccc5c(c4)C(C)(C)c4ccccc4-5)cc3)cc12. The van der Waals surface area contributed by atoms with Gasteiger partial charge in [0, 0.05) is 22.5 Å². The molecule has 8 aromatic carbocycles. The predicted octanol–water partition coefficient (Wildman–Crippen LogP) is 15.9. The molecule has 0 aromatic heterocycles. The smallest absolute Gasteiger partial charge is 0.0685 e. The zero-order valence-electron chi connectivity index (χ0n) is 34.7. The number of rotatable bonds is 7. The molecule has 3 aliphatic carbocycles. The van der Waals surface area contributed by atoms with Gasteiger partial charge in [0.15, 0.2) is 0 Å². The third-order valence-electron chi connectivity index (χ3n) is 13.7. The lowest BCUT2D eigenvalue weighted by molar-refractivity contribution is 0.660. The minimum Gasteiger partial charge on any atom is -0.310 e. The van der Waals surface area contributed by atoms with Crippen LogP contribution in [0.15, 0.2) is 206 Å². The molecule has 1 heteroatoms. The van der Waals surface area contributed by atoms with Gasteiger partial charge in [-0.2, -0.15) is 0 Å². The van der Waals surface area contributed by atoms with Crippen molar-refractivity contribution in [3.63, 3.8) is 0 Å². The van der Waals surface area contributed by atoms with E-state index in [0.29, 0.717) is 0 Å². The Hall–Kier alpha value is -6.96. The van der Waals surface area contributed by atoms with E-state index in [1.165, 1.54) is 89.0 Å². The van der Waals surface area contributed by atoms with Gasteiger partial charge in [-0.05, 0) is 145 Å². The molecule has 1 spiro atoms. The van der Waals surface area contributed by atoms with Crippen molar-refractivity contribution in [1.29, 1.82) is 0 Å². The molecular formula is C59H47N. The number of fused-ring (bicyclic) bond motifs is 10. The first-order chi connectivity index (χ1) is 29.4. The monoisotopic (exact) mass is 769 g/mol. The van der Waals surface area contributed by atoms with Crippen molar-refractivity contribution in [3.05, 3.63) is 239 Å². The maximum Gasteiger partial charge on any atom is 0.0685 e. The minimum absolute atomic E-state index is 0.0976. The van der Waals surface area contributed by atoms with Gasteiger partial charge in [0.1, 0.15) is 0 Å². The standard InChI is InChI=1S/C59H47N/c1-5-6-18-47-39(2)59(54-23-14-11-19-48(47)54)55-24-15-12-21-50(55)52-35-29-43(37-57(52)59)42-27-32-45(33-28-42)60(44-30-25-41(26-31-44)40-16-8-7-9-17-40)46-34-36-51-49-20-10-13-22-53(49)58(3,4)56(51)38-46/h6-38H,5H2,1-4H3/b18-6-. The van der Waals surface area contributed by atoms with Crippen molar-refractivity contribution >= 4 is 22.6 Å². The maximum absolute atomic E-state index is 2.48. The van der Waals surface area contributed by atoms with E-state index in [0.717, 1.165) is 23.5 Å². The molecule has 0 bridgehead atoms. The van der Waals surface area contributed by atoms with Crippen molar-refractivity contribution in [3.8, 4) is 44.5 Å². The van der Waals surface area contributed by atoms with Crippen LogP contribution in [0.2, 0.25) is 0 Å². The van der Waals surface area contributed by atoms with Gasteiger partial charge in [-0.3, -0.25) is 0 Å². The van der Waals surface area contributed by atoms with E-state index in [2.05, 4.69) is 233 Å². The highest BCUT2D eigenvalue weighted by molar-refractivity contribution is 5.97. The highest BCUT2D eigenvalue weighted by Gasteiger charge is 2.51. The van der Waals surface area contributed by atoms with E-state index >= 15 is 0 Å². The number of hydrogen-bond acceptors (Lipinski definition) is 1. The molecule has 0 saturated carbocycles. The first-order valence-electron chi connectivity index (χ1n) is 21.4. The van der Waals surface area contributed by atoms with Crippen molar-refractivity contribution in [1.82, 2.24) is 0 Å². The molecule has 1 atom stereocenters. The van der Waals surface area contributed by atoms with Gasteiger partial charge in [-0.15, -0.1) is 0 Å². The van der Waals surface area contributed by atoms with E-state index in [4.69, 9.17) is 0 Å². The summed E-state index contributed by atoms with van der Waals surface area (Å²) in [6, 6.07) is 70.1. The van der Waals surface area contributed by atoms with E-state index in [-0.39, 0.29) is 10.8 Å². The molecule has 0 fully saturated rings. The molecule has 11 rings (SSSR count). The summed E-state index contributed by atoms with van der Waals surface area (Å²) >= 11 is 0. The van der Waals surface area contributed by atoms with E-state index in [1.54, 1.807) is 0 Å². The summed E-state index contributed by atoms with van der Waals surface area (Å²) in [5.41, 5.74) is 24.1. The van der Waals surface area contributed by atoms with E-state index in [1.807, 2.05) is 0 Å². The molecule has 288 valence electrons.